The molecule has 0 aromatic heterocycles. The molecule has 0 bridgehead atoms. The van der Waals surface area contributed by atoms with Gasteiger partial charge in [0.25, 0.3) is 0 Å². The summed E-state index contributed by atoms with van der Waals surface area (Å²) in [5, 5.41) is 0. The first-order chi connectivity index (χ1) is 5.00. The summed E-state index contributed by atoms with van der Waals surface area (Å²) in [5.41, 5.74) is 5.71. The van der Waals surface area contributed by atoms with Gasteiger partial charge in [0, 0.05) is 18.6 Å². The van der Waals surface area contributed by atoms with Crippen molar-refractivity contribution in [2.75, 3.05) is 26.7 Å². The maximum Gasteiger partial charge on any atom is 0.0876 e. The molecular formula is C8H18N2O. The van der Waals surface area contributed by atoms with Crippen LogP contribution in [0.2, 0.25) is 0 Å². The van der Waals surface area contributed by atoms with Crippen LogP contribution in [0, 0.1) is 0 Å². The molecule has 0 radical (unpaired) electrons. The fourth-order valence-corrected chi connectivity index (χ4v) is 1.23. The molecule has 1 heterocycles. The fourth-order valence-electron chi connectivity index (χ4n) is 1.23. The highest BCUT2D eigenvalue weighted by molar-refractivity contribution is 4.87. The second-order valence-corrected chi connectivity index (χ2v) is 3.94. The molecule has 0 unspecified atom stereocenters. The molecule has 1 rings (SSSR count). The Hall–Kier alpha value is -0.120. The largest absolute Gasteiger partial charge is 0.374 e. The van der Waals surface area contributed by atoms with Crippen LogP contribution in [-0.4, -0.2) is 43.3 Å². The van der Waals surface area contributed by atoms with Gasteiger partial charge in [-0.2, -0.15) is 0 Å². The molecule has 0 aromatic carbocycles. The predicted molar refractivity (Wildman–Crippen MR) is 45.5 cm³/mol. The average molecular weight is 158 g/mol. The van der Waals surface area contributed by atoms with Crippen LogP contribution in [0.4, 0.5) is 0 Å². The van der Waals surface area contributed by atoms with Crippen molar-refractivity contribution in [3.63, 3.8) is 0 Å². The van der Waals surface area contributed by atoms with E-state index < -0.39 is 0 Å². The number of nitrogens with zero attached hydrogens (tertiary/aromatic N) is 1. The van der Waals surface area contributed by atoms with Crippen molar-refractivity contribution in [2.24, 2.45) is 5.73 Å². The summed E-state index contributed by atoms with van der Waals surface area (Å²) in [6, 6.07) is 0. The Morgan fingerprint density at radius 1 is 1.55 bits per heavy atom. The third-order valence-electron chi connectivity index (χ3n) is 2.10. The Kier molecular flexibility index (Phi) is 2.52. The van der Waals surface area contributed by atoms with Crippen LogP contribution in [0.15, 0.2) is 0 Å². The van der Waals surface area contributed by atoms with E-state index in [0.717, 1.165) is 19.7 Å². The normalized spacial score (nSPS) is 28.9. The standard InChI is InChI=1S/C8H18N2O/c1-8(2,9)7-6-10(3)4-5-11-7/h7H,4-6,9H2,1-3H3/t7-/m0/s1. The number of likely N-dealkylation sites (N-methyl/N-ethyl adjacent to an activating group) is 1. The van der Waals surface area contributed by atoms with E-state index in [0.29, 0.717) is 0 Å². The van der Waals surface area contributed by atoms with Crippen molar-refractivity contribution >= 4 is 0 Å². The number of hydrogen-bond donors (Lipinski definition) is 1. The van der Waals surface area contributed by atoms with Crippen LogP contribution in [0.3, 0.4) is 0 Å². The summed E-state index contributed by atoms with van der Waals surface area (Å²) in [5.74, 6) is 0. The van der Waals surface area contributed by atoms with Gasteiger partial charge in [-0.3, -0.25) is 0 Å². The molecule has 1 aliphatic rings. The van der Waals surface area contributed by atoms with Crippen LogP contribution < -0.4 is 5.73 Å². The third kappa shape index (κ3) is 2.43. The monoisotopic (exact) mass is 158 g/mol. The van der Waals surface area contributed by atoms with Crippen molar-refractivity contribution < 1.29 is 4.74 Å². The number of rotatable bonds is 1. The summed E-state index contributed by atoms with van der Waals surface area (Å²) in [6.45, 7) is 6.80. The Morgan fingerprint density at radius 2 is 2.18 bits per heavy atom. The Labute approximate surface area is 68.5 Å². The van der Waals surface area contributed by atoms with E-state index in [1.165, 1.54) is 0 Å². The van der Waals surface area contributed by atoms with Gasteiger partial charge < -0.3 is 15.4 Å². The SMILES string of the molecule is CN1CCO[C@H](C(C)(C)N)C1. The van der Waals surface area contributed by atoms with E-state index in [9.17, 15) is 0 Å². The molecule has 1 atom stereocenters. The van der Waals surface area contributed by atoms with Crippen LogP contribution in [-0.2, 0) is 4.74 Å². The molecule has 0 saturated carbocycles. The maximum atomic E-state index is 5.92. The second kappa shape index (κ2) is 3.09. The second-order valence-electron chi connectivity index (χ2n) is 3.94. The van der Waals surface area contributed by atoms with Crippen molar-refractivity contribution in [2.45, 2.75) is 25.5 Å². The quantitative estimate of drug-likeness (QED) is 0.586. The van der Waals surface area contributed by atoms with E-state index in [4.69, 9.17) is 10.5 Å². The van der Waals surface area contributed by atoms with Gasteiger partial charge in [-0.25, -0.2) is 0 Å². The fraction of sp³-hybridized carbons (Fsp3) is 1.00. The Balaban J connectivity index is 2.46. The summed E-state index contributed by atoms with van der Waals surface area (Å²) >= 11 is 0. The first-order valence-electron chi connectivity index (χ1n) is 4.09. The zero-order valence-electron chi connectivity index (χ0n) is 7.63. The van der Waals surface area contributed by atoms with Crippen LogP contribution >= 0.6 is 0 Å². The molecule has 0 spiro atoms. The lowest BCUT2D eigenvalue weighted by atomic mass is 9.97. The van der Waals surface area contributed by atoms with Crippen molar-refractivity contribution in [3.8, 4) is 0 Å². The van der Waals surface area contributed by atoms with E-state index in [2.05, 4.69) is 11.9 Å². The predicted octanol–water partition coefficient (Wildman–Crippen LogP) is 0.0543. The highest BCUT2D eigenvalue weighted by Gasteiger charge is 2.29. The smallest absolute Gasteiger partial charge is 0.0876 e. The molecule has 0 aromatic rings. The van der Waals surface area contributed by atoms with Crippen molar-refractivity contribution in [1.82, 2.24) is 4.90 Å². The van der Waals surface area contributed by atoms with Gasteiger partial charge in [0.1, 0.15) is 0 Å². The first-order valence-corrected chi connectivity index (χ1v) is 4.09. The molecule has 0 amide bonds. The zero-order valence-corrected chi connectivity index (χ0v) is 7.63. The molecule has 3 nitrogen and oxygen atoms in total. The number of ether oxygens (including phenoxy) is 1. The van der Waals surface area contributed by atoms with Gasteiger partial charge in [-0.1, -0.05) is 0 Å². The molecule has 1 fully saturated rings. The molecule has 0 aliphatic carbocycles. The van der Waals surface area contributed by atoms with Crippen molar-refractivity contribution in [1.29, 1.82) is 0 Å². The molecule has 2 N–H and O–H groups in total. The highest BCUT2D eigenvalue weighted by Crippen LogP contribution is 2.13. The van der Waals surface area contributed by atoms with Gasteiger partial charge >= 0.3 is 0 Å². The highest BCUT2D eigenvalue weighted by atomic mass is 16.5. The third-order valence-corrected chi connectivity index (χ3v) is 2.10. The lowest BCUT2D eigenvalue weighted by molar-refractivity contribution is -0.0513. The molecular weight excluding hydrogens is 140 g/mol. The van der Waals surface area contributed by atoms with Gasteiger partial charge in [0.05, 0.1) is 12.7 Å². The van der Waals surface area contributed by atoms with E-state index in [-0.39, 0.29) is 11.6 Å². The van der Waals surface area contributed by atoms with Crippen LogP contribution in [0.1, 0.15) is 13.8 Å². The van der Waals surface area contributed by atoms with Gasteiger partial charge in [0.2, 0.25) is 0 Å². The van der Waals surface area contributed by atoms with Gasteiger partial charge in [-0.15, -0.1) is 0 Å². The average Bonchev–Trinajstić information content (AvgIpc) is 1.86. The minimum absolute atomic E-state index is 0.182. The molecule has 11 heavy (non-hydrogen) atoms. The molecule has 66 valence electrons. The number of morpholine rings is 1. The van der Waals surface area contributed by atoms with E-state index in [1.807, 2.05) is 13.8 Å². The first kappa shape index (κ1) is 8.97. The topological polar surface area (TPSA) is 38.5 Å². The Morgan fingerprint density at radius 3 is 2.55 bits per heavy atom. The maximum absolute atomic E-state index is 5.92. The lowest BCUT2D eigenvalue weighted by Gasteiger charge is -2.37. The lowest BCUT2D eigenvalue weighted by Crippen LogP contribution is -2.55. The molecule has 1 saturated heterocycles. The minimum Gasteiger partial charge on any atom is -0.374 e. The summed E-state index contributed by atoms with van der Waals surface area (Å²) in [7, 11) is 2.10. The Bertz CT molecular complexity index is 131. The van der Waals surface area contributed by atoms with Crippen LogP contribution in [0.5, 0.6) is 0 Å². The summed E-state index contributed by atoms with van der Waals surface area (Å²) < 4.78 is 5.55. The number of hydrogen-bond acceptors (Lipinski definition) is 3. The van der Waals surface area contributed by atoms with E-state index in [1.54, 1.807) is 0 Å². The zero-order chi connectivity index (χ0) is 8.48. The van der Waals surface area contributed by atoms with Crippen molar-refractivity contribution in [3.05, 3.63) is 0 Å². The number of nitrogens with two attached hydrogens (primary N) is 1. The van der Waals surface area contributed by atoms with E-state index >= 15 is 0 Å². The van der Waals surface area contributed by atoms with Gasteiger partial charge in [-0.05, 0) is 20.9 Å². The summed E-state index contributed by atoms with van der Waals surface area (Å²) in [6.07, 6.45) is 0.182. The van der Waals surface area contributed by atoms with Crippen LogP contribution in [0.25, 0.3) is 0 Å². The minimum atomic E-state index is -0.214. The summed E-state index contributed by atoms with van der Waals surface area (Å²) in [4.78, 5) is 2.25. The molecule has 3 heteroatoms. The molecule has 1 aliphatic heterocycles. The van der Waals surface area contributed by atoms with Gasteiger partial charge in [0.15, 0.2) is 0 Å².